The summed E-state index contributed by atoms with van der Waals surface area (Å²) in [6.07, 6.45) is 2.00. The van der Waals surface area contributed by atoms with Crippen molar-refractivity contribution in [2.75, 3.05) is 20.2 Å². The Morgan fingerprint density at radius 1 is 1.28 bits per heavy atom. The number of ether oxygens (including phenoxy) is 1. The number of piperidine rings is 1. The van der Waals surface area contributed by atoms with Crippen LogP contribution in [0.15, 0.2) is 24.3 Å². The SMILES string of the molecule is COc1ccc(C(=O)NC2CCNCC2)cc1.Cl. The molecule has 5 heteroatoms. The third-order valence-electron chi connectivity index (χ3n) is 3.03. The van der Waals surface area contributed by atoms with E-state index in [0.29, 0.717) is 11.6 Å². The average molecular weight is 271 g/mol. The van der Waals surface area contributed by atoms with Crippen molar-refractivity contribution in [2.24, 2.45) is 0 Å². The molecule has 4 nitrogen and oxygen atoms in total. The van der Waals surface area contributed by atoms with Gasteiger partial charge in [0.25, 0.3) is 5.91 Å². The quantitative estimate of drug-likeness (QED) is 0.877. The van der Waals surface area contributed by atoms with Gasteiger partial charge >= 0.3 is 0 Å². The summed E-state index contributed by atoms with van der Waals surface area (Å²) in [5.74, 6) is 0.767. The van der Waals surface area contributed by atoms with E-state index < -0.39 is 0 Å². The predicted octanol–water partition coefficient (Wildman–Crippen LogP) is 1.60. The molecule has 0 unspecified atom stereocenters. The number of amides is 1. The van der Waals surface area contributed by atoms with Crippen LogP contribution in [0.5, 0.6) is 5.75 Å². The number of carbonyl (C=O) groups excluding carboxylic acids is 1. The van der Waals surface area contributed by atoms with Gasteiger partial charge in [0.15, 0.2) is 0 Å². The lowest BCUT2D eigenvalue weighted by molar-refractivity contribution is 0.0929. The van der Waals surface area contributed by atoms with E-state index in [2.05, 4.69) is 10.6 Å². The molecule has 1 saturated heterocycles. The molecule has 2 N–H and O–H groups in total. The molecule has 0 aromatic heterocycles. The number of hydrogen-bond acceptors (Lipinski definition) is 3. The number of methoxy groups -OCH3 is 1. The van der Waals surface area contributed by atoms with E-state index in [4.69, 9.17) is 4.74 Å². The topological polar surface area (TPSA) is 50.4 Å². The molecule has 1 aliphatic heterocycles. The first-order chi connectivity index (χ1) is 8.29. The predicted molar refractivity (Wildman–Crippen MR) is 73.6 cm³/mol. The van der Waals surface area contributed by atoms with Crippen LogP contribution in [0.4, 0.5) is 0 Å². The first kappa shape index (κ1) is 14.8. The Morgan fingerprint density at radius 3 is 2.44 bits per heavy atom. The molecule has 1 aliphatic rings. The van der Waals surface area contributed by atoms with Gasteiger partial charge in [-0.15, -0.1) is 12.4 Å². The van der Waals surface area contributed by atoms with Crippen molar-refractivity contribution >= 4 is 18.3 Å². The summed E-state index contributed by atoms with van der Waals surface area (Å²) in [4.78, 5) is 11.9. The van der Waals surface area contributed by atoms with E-state index in [1.807, 2.05) is 0 Å². The van der Waals surface area contributed by atoms with Gasteiger partial charge in [0, 0.05) is 11.6 Å². The molecule has 0 bridgehead atoms. The van der Waals surface area contributed by atoms with Crippen molar-refractivity contribution in [2.45, 2.75) is 18.9 Å². The van der Waals surface area contributed by atoms with Gasteiger partial charge in [-0.25, -0.2) is 0 Å². The second kappa shape index (κ2) is 7.24. The van der Waals surface area contributed by atoms with Crippen molar-refractivity contribution in [3.63, 3.8) is 0 Å². The lowest BCUT2D eigenvalue weighted by atomic mass is 10.1. The van der Waals surface area contributed by atoms with Crippen LogP contribution < -0.4 is 15.4 Å². The van der Waals surface area contributed by atoms with E-state index in [1.54, 1.807) is 31.4 Å². The van der Waals surface area contributed by atoms with Gasteiger partial charge in [0.1, 0.15) is 5.75 Å². The van der Waals surface area contributed by atoms with Gasteiger partial charge in [-0.1, -0.05) is 0 Å². The minimum atomic E-state index is -0.000414. The molecule has 0 saturated carbocycles. The van der Waals surface area contributed by atoms with Gasteiger partial charge in [-0.2, -0.15) is 0 Å². The molecule has 0 aliphatic carbocycles. The molecular weight excluding hydrogens is 252 g/mol. The molecule has 1 aromatic rings. The molecule has 18 heavy (non-hydrogen) atoms. The van der Waals surface area contributed by atoms with Crippen LogP contribution in [0.3, 0.4) is 0 Å². The molecule has 2 rings (SSSR count). The summed E-state index contributed by atoms with van der Waals surface area (Å²) in [7, 11) is 1.62. The fraction of sp³-hybridized carbons (Fsp3) is 0.462. The van der Waals surface area contributed by atoms with Crippen molar-refractivity contribution in [3.05, 3.63) is 29.8 Å². The zero-order chi connectivity index (χ0) is 12.1. The number of benzene rings is 1. The van der Waals surface area contributed by atoms with E-state index in [0.717, 1.165) is 31.7 Å². The molecule has 0 atom stereocenters. The minimum Gasteiger partial charge on any atom is -0.497 e. The Bertz CT molecular complexity index is 375. The van der Waals surface area contributed by atoms with E-state index >= 15 is 0 Å². The van der Waals surface area contributed by atoms with Crippen molar-refractivity contribution in [3.8, 4) is 5.75 Å². The number of hydrogen-bond donors (Lipinski definition) is 2. The Labute approximate surface area is 114 Å². The van der Waals surface area contributed by atoms with E-state index in [-0.39, 0.29) is 18.3 Å². The standard InChI is InChI=1S/C13H18N2O2.ClH/c1-17-12-4-2-10(3-5-12)13(16)15-11-6-8-14-9-7-11;/h2-5,11,14H,6-9H2,1H3,(H,15,16);1H. The lowest BCUT2D eigenvalue weighted by Gasteiger charge is -2.23. The van der Waals surface area contributed by atoms with Gasteiger partial charge in [0.05, 0.1) is 7.11 Å². The molecule has 1 fully saturated rings. The van der Waals surface area contributed by atoms with Crippen molar-refractivity contribution in [1.29, 1.82) is 0 Å². The zero-order valence-corrected chi connectivity index (χ0v) is 11.3. The Hall–Kier alpha value is -1.26. The van der Waals surface area contributed by atoms with Gasteiger partial charge in [-0.05, 0) is 50.2 Å². The maximum atomic E-state index is 11.9. The van der Waals surface area contributed by atoms with Crippen LogP contribution in [0, 0.1) is 0 Å². The summed E-state index contributed by atoms with van der Waals surface area (Å²) < 4.78 is 5.06. The monoisotopic (exact) mass is 270 g/mol. The molecule has 1 heterocycles. The maximum absolute atomic E-state index is 11.9. The molecule has 1 aromatic carbocycles. The summed E-state index contributed by atoms with van der Waals surface area (Å²) in [5.41, 5.74) is 0.685. The van der Waals surface area contributed by atoms with Crippen LogP contribution >= 0.6 is 12.4 Å². The number of halogens is 1. The molecule has 1 amide bonds. The average Bonchev–Trinajstić information content (AvgIpc) is 2.40. The number of rotatable bonds is 3. The lowest BCUT2D eigenvalue weighted by Crippen LogP contribution is -2.42. The highest BCUT2D eigenvalue weighted by atomic mass is 35.5. The number of nitrogens with one attached hydrogen (secondary N) is 2. The first-order valence-electron chi connectivity index (χ1n) is 5.95. The van der Waals surface area contributed by atoms with Crippen LogP contribution in [0.2, 0.25) is 0 Å². The minimum absolute atomic E-state index is 0. The maximum Gasteiger partial charge on any atom is 0.251 e. The molecule has 0 spiro atoms. The van der Waals surface area contributed by atoms with Gasteiger partial charge in [-0.3, -0.25) is 4.79 Å². The van der Waals surface area contributed by atoms with Gasteiger partial charge < -0.3 is 15.4 Å². The van der Waals surface area contributed by atoms with Crippen molar-refractivity contribution < 1.29 is 9.53 Å². The normalized spacial score (nSPS) is 15.6. The fourth-order valence-corrected chi connectivity index (χ4v) is 1.98. The van der Waals surface area contributed by atoms with Crippen LogP contribution in [0.25, 0.3) is 0 Å². The third-order valence-corrected chi connectivity index (χ3v) is 3.03. The highest BCUT2D eigenvalue weighted by molar-refractivity contribution is 5.94. The second-order valence-electron chi connectivity index (χ2n) is 4.23. The second-order valence-corrected chi connectivity index (χ2v) is 4.23. The Kier molecular flexibility index (Phi) is 5.95. The van der Waals surface area contributed by atoms with E-state index in [1.165, 1.54) is 0 Å². The summed E-state index contributed by atoms with van der Waals surface area (Å²) in [6.45, 7) is 1.96. The zero-order valence-electron chi connectivity index (χ0n) is 10.4. The Balaban J connectivity index is 0.00000162. The van der Waals surface area contributed by atoms with Crippen molar-refractivity contribution in [1.82, 2.24) is 10.6 Å². The molecule has 100 valence electrons. The van der Waals surface area contributed by atoms with E-state index in [9.17, 15) is 4.79 Å². The first-order valence-corrected chi connectivity index (χ1v) is 5.95. The summed E-state index contributed by atoms with van der Waals surface area (Å²) in [5, 5.41) is 6.33. The van der Waals surface area contributed by atoms with Crippen LogP contribution in [-0.2, 0) is 0 Å². The molecular formula is C13H19ClN2O2. The highest BCUT2D eigenvalue weighted by Gasteiger charge is 2.16. The third kappa shape index (κ3) is 3.89. The largest absolute Gasteiger partial charge is 0.497 e. The van der Waals surface area contributed by atoms with Crippen LogP contribution in [-0.4, -0.2) is 32.1 Å². The van der Waals surface area contributed by atoms with Gasteiger partial charge in [0.2, 0.25) is 0 Å². The fourth-order valence-electron chi connectivity index (χ4n) is 1.98. The Morgan fingerprint density at radius 2 is 1.89 bits per heavy atom. The highest BCUT2D eigenvalue weighted by Crippen LogP contribution is 2.12. The summed E-state index contributed by atoms with van der Waals surface area (Å²) >= 11 is 0. The summed E-state index contributed by atoms with van der Waals surface area (Å²) in [6, 6.07) is 7.48. The van der Waals surface area contributed by atoms with Crippen LogP contribution in [0.1, 0.15) is 23.2 Å². The number of carbonyl (C=O) groups is 1. The molecule has 0 radical (unpaired) electrons. The smallest absolute Gasteiger partial charge is 0.251 e.